The molecule has 0 saturated carbocycles. The Hall–Kier alpha value is -0.890. The third-order valence-corrected chi connectivity index (χ3v) is 5.72. The van der Waals surface area contributed by atoms with Crippen molar-refractivity contribution in [3.8, 4) is 0 Å². The number of hydrogen-bond donors (Lipinski definition) is 2. The molecule has 4 nitrogen and oxygen atoms in total. The van der Waals surface area contributed by atoms with Crippen molar-refractivity contribution in [2.24, 2.45) is 0 Å². The topological polar surface area (TPSA) is 72.2 Å². The van der Waals surface area contributed by atoms with E-state index in [2.05, 4.69) is 20.7 Å². The first-order valence-electron chi connectivity index (χ1n) is 5.55. The standard InChI is InChI=1S/C12H13BrN2O2S2/c13-11-2-1-10(14)7-12(11)19(16,17)15-5-3-9-4-6-18-8-9/h1-2,4,6-8,15H,3,5,14H2. The average molecular weight is 361 g/mol. The zero-order chi connectivity index (χ0) is 13.9. The van der Waals surface area contributed by atoms with Crippen LogP contribution in [0.5, 0.6) is 0 Å². The Morgan fingerprint density at radius 2 is 2.11 bits per heavy atom. The van der Waals surface area contributed by atoms with Gasteiger partial charge in [0, 0.05) is 16.7 Å². The van der Waals surface area contributed by atoms with Gasteiger partial charge in [-0.2, -0.15) is 11.3 Å². The van der Waals surface area contributed by atoms with E-state index >= 15 is 0 Å². The Kier molecular flexibility index (Phi) is 4.62. The number of sulfonamides is 1. The van der Waals surface area contributed by atoms with E-state index in [-0.39, 0.29) is 4.90 Å². The summed E-state index contributed by atoms with van der Waals surface area (Å²) in [6, 6.07) is 6.70. The molecule has 3 N–H and O–H groups in total. The van der Waals surface area contributed by atoms with Gasteiger partial charge in [0.2, 0.25) is 10.0 Å². The summed E-state index contributed by atoms with van der Waals surface area (Å²) < 4.78 is 27.4. The van der Waals surface area contributed by atoms with Crippen molar-refractivity contribution in [2.45, 2.75) is 11.3 Å². The second kappa shape index (κ2) is 6.04. The number of nitrogens with two attached hydrogens (primary N) is 1. The molecule has 0 spiro atoms. The monoisotopic (exact) mass is 360 g/mol. The fraction of sp³-hybridized carbons (Fsp3) is 0.167. The lowest BCUT2D eigenvalue weighted by atomic mass is 10.2. The van der Waals surface area contributed by atoms with Crippen LogP contribution in [-0.2, 0) is 16.4 Å². The summed E-state index contributed by atoms with van der Waals surface area (Å²) in [5.41, 5.74) is 7.16. The van der Waals surface area contributed by atoms with E-state index in [9.17, 15) is 8.42 Å². The van der Waals surface area contributed by atoms with Crippen LogP contribution in [0.25, 0.3) is 0 Å². The molecule has 19 heavy (non-hydrogen) atoms. The van der Waals surface area contributed by atoms with Crippen LogP contribution in [0.2, 0.25) is 0 Å². The summed E-state index contributed by atoms with van der Waals surface area (Å²) in [7, 11) is -3.54. The van der Waals surface area contributed by atoms with Gasteiger partial charge >= 0.3 is 0 Å². The van der Waals surface area contributed by atoms with E-state index in [1.807, 2.05) is 16.8 Å². The summed E-state index contributed by atoms with van der Waals surface area (Å²) in [5, 5.41) is 3.98. The highest BCUT2D eigenvalue weighted by molar-refractivity contribution is 9.10. The van der Waals surface area contributed by atoms with E-state index in [4.69, 9.17) is 5.73 Å². The molecule has 0 aliphatic rings. The second-order valence-corrected chi connectivity index (χ2v) is 7.34. The SMILES string of the molecule is Nc1ccc(Br)c(S(=O)(=O)NCCc2ccsc2)c1. The number of hydrogen-bond acceptors (Lipinski definition) is 4. The van der Waals surface area contributed by atoms with Crippen LogP contribution in [0.15, 0.2) is 44.4 Å². The molecule has 0 saturated heterocycles. The highest BCUT2D eigenvalue weighted by Gasteiger charge is 2.17. The Morgan fingerprint density at radius 1 is 1.32 bits per heavy atom. The van der Waals surface area contributed by atoms with Crippen LogP contribution >= 0.6 is 27.3 Å². The molecule has 0 unspecified atom stereocenters. The number of thiophene rings is 1. The minimum atomic E-state index is -3.54. The van der Waals surface area contributed by atoms with E-state index in [0.717, 1.165) is 5.56 Å². The minimum Gasteiger partial charge on any atom is -0.399 e. The van der Waals surface area contributed by atoms with Gasteiger partial charge in [-0.15, -0.1) is 0 Å². The quantitative estimate of drug-likeness (QED) is 0.805. The molecule has 7 heteroatoms. The Bertz CT molecular complexity index is 654. The lowest BCUT2D eigenvalue weighted by Gasteiger charge is -2.08. The van der Waals surface area contributed by atoms with Crippen LogP contribution in [0.3, 0.4) is 0 Å². The third-order valence-electron chi connectivity index (χ3n) is 2.53. The molecule has 0 bridgehead atoms. The van der Waals surface area contributed by atoms with E-state index < -0.39 is 10.0 Å². The van der Waals surface area contributed by atoms with Crippen molar-refractivity contribution >= 4 is 43.0 Å². The summed E-state index contributed by atoms with van der Waals surface area (Å²) in [6.07, 6.45) is 0.669. The lowest BCUT2D eigenvalue weighted by Crippen LogP contribution is -2.26. The average Bonchev–Trinajstić information content (AvgIpc) is 2.85. The normalized spacial score (nSPS) is 11.6. The molecule has 1 aromatic carbocycles. The first-order valence-corrected chi connectivity index (χ1v) is 8.77. The van der Waals surface area contributed by atoms with Crippen molar-refractivity contribution in [3.63, 3.8) is 0 Å². The Morgan fingerprint density at radius 3 is 2.79 bits per heavy atom. The number of rotatable bonds is 5. The molecular weight excluding hydrogens is 348 g/mol. The fourth-order valence-corrected chi connectivity index (χ4v) is 4.30. The van der Waals surface area contributed by atoms with E-state index in [1.165, 1.54) is 6.07 Å². The second-order valence-electron chi connectivity index (χ2n) is 3.97. The summed E-state index contributed by atoms with van der Waals surface area (Å²) in [4.78, 5) is 0.165. The minimum absolute atomic E-state index is 0.165. The molecule has 0 radical (unpaired) electrons. The number of nitrogen functional groups attached to an aromatic ring is 1. The molecule has 1 aromatic heterocycles. The zero-order valence-corrected chi connectivity index (χ0v) is 13.2. The first kappa shape index (κ1) is 14.5. The molecule has 1 heterocycles. The van der Waals surface area contributed by atoms with Crippen molar-refractivity contribution in [2.75, 3.05) is 12.3 Å². The predicted molar refractivity (Wildman–Crippen MR) is 81.8 cm³/mol. The van der Waals surface area contributed by atoms with Gasteiger partial charge in [0.1, 0.15) is 0 Å². The smallest absolute Gasteiger partial charge is 0.241 e. The summed E-state index contributed by atoms with van der Waals surface area (Å²) in [5.74, 6) is 0. The highest BCUT2D eigenvalue weighted by Crippen LogP contribution is 2.23. The maximum Gasteiger partial charge on any atom is 0.241 e. The van der Waals surface area contributed by atoms with Crippen molar-refractivity contribution in [1.82, 2.24) is 4.72 Å². The first-order chi connectivity index (χ1) is 8.99. The number of benzene rings is 1. The van der Waals surface area contributed by atoms with Gasteiger partial charge < -0.3 is 5.73 Å². The Balaban J connectivity index is 2.07. The molecule has 0 aliphatic heterocycles. The number of halogens is 1. The van der Waals surface area contributed by atoms with Crippen LogP contribution in [0.1, 0.15) is 5.56 Å². The maximum atomic E-state index is 12.1. The molecule has 2 aromatic rings. The summed E-state index contributed by atoms with van der Waals surface area (Å²) >= 11 is 4.82. The predicted octanol–water partition coefficient (Wildman–Crippen LogP) is 2.61. The maximum absolute atomic E-state index is 12.1. The lowest BCUT2D eigenvalue weighted by molar-refractivity contribution is 0.581. The van der Waals surface area contributed by atoms with Crippen LogP contribution < -0.4 is 10.5 Å². The van der Waals surface area contributed by atoms with Crippen molar-refractivity contribution < 1.29 is 8.42 Å². The van der Waals surface area contributed by atoms with Gasteiger partial charge in [-0.05, 0) is 62.9 Å². The molecule has 0 aliphatic carbocycles. The van der Waals surface area contributed by atoms with Gasteiger partial charge in [0.05, 0.1) is 4.90 Å². The van der Waals surface area contributed by atoms with Crippen LogP contribution in [0.4, 0.5) is 5.69 Å². The molecule has 0 atom stereocenters. The van der Waals surface area contributed by atoms with Crippen molar-refractivity contribution in [1.29, 1.82) is 0 Å². The van der Waals surface area contributed by atoms with Gasteiger partial charge in [-0.3, -0.25) is 0 Å². The van der Waals surface area contributed by atoms with Crippen LogP contribution in [0, 0.1) is 0 Å². The van der Waals surface area contributed by atoms with E-state index in [1.54, 1.807) is 23.5 Å². The van der Waals surface area contributed by atoms with Gasteiger partial charge in [0.15, 0.2) is 0 Å². The van der Waals surface area contributed by atoms with Crippen LogP contribution in [-0.4, -0.2) is 15.0 Å². The molecular formula is C12H13BrN2O2S2. The molecule has 2 rings (SSSR count). The molecule has 0 fully saturated rings. The molecule has 102 valence electrons. The third kappa shape index (κ3) is 3.79. The number of anilines is 1. The van der Waals surface area contributed by atoms with Gasteiger partial charge in [-0.1, -0.05) is 0 Å². The van der Waals surface area contributed by atoms with E-state index in [0.29, 0.717) is 23.1 Å². The van der Waals surface area contributed by atoms with Gasteiger partial charge in [-0.25, -0.2) is 13.1 Å². The molecule has 0 amide bonds. The summed E-state index contributed by atoms with van der Waals surface area (Å²) in [6.45, 7) is 0.361. The fourth-order valence-electron chi connectivity index (χ4n) is 1.57. The van der Waals surface area contributed by atoms with Gasteiger partial charge in [0.25, 0.3) is 0 Å². The Labute approximate surface area is 124 Å². The zero-order valence-electron chi connectivity index (χ0n) is 9.97. The largest absolute Gasteiger partial charge is 0.399 e. The highest BCUT2D eigenvalue weighted by atomic mass is 79.9. The number of nitrogens with one attached hydrogen (secondary N) is 1. The van der Waals surface area contributed by atoms with Crippen molar-refractivity contribution in [3.05, 3.63) is 45.1 Å².